The van der Waals surface area contributed by atoms with Gasteiger partial charge in [0, 0.05) is 6.42 Å². The first-order valence-electron chi connectivity index (χ1n) is 6.95. The highest BCUT2D eigenvalue weighted by atomic mass is 16.1. The summed E-state index contributed by atoms with van der Waals surface area (Å²) < 4.78 is 1.70. The Balaban J connectivity index is 1.97. The van der Waals surface area contributed by atoms with Crippen LogP contribution in [-0.2, 0) is 4.79 Å². The maximum absolute atomic E-state index is 11.7. The molecule has 0 bridgehead atoms. The van der Waals surface area contributed by atoms with Gasteiger partial charge in [-0.05, 0) is 31.0 Å². The number of carbonyl (C=O) groups excluding carboxylic acids is 1. The Labute approximate surface area is 119 Å². The zero-order valence-corrected chi connectivity index (χ0v) is 11.9. The van der Waals surface area contributed by atoms with Gasteiger partial charge in [-0.15, -0.1) is 0 Å². The van der Waals surface area contributed by atoms with Crippen molar-refractivity contribution < 1.29 is 4.79 Å². The molecule has 0 aliphatic heterocycles. The Morgan fingerprint density at radius 1 is 1.35 bits per heavy atom. The predicted octanol–water partition coefficient (Wildman–Crippen LogP) is 2.63. The van der Waals surface area contributed by atoms with E-state index in [-0.39, 0.29) is 11.9 Å². The molecular weight excluding hydrogens is 252 g/mol. The fraction of sp³-hybridized carbons (Fsp3) is 0.400. The molecule has 0 saturated heterocycles. The van der Waals surface area contributed by atoms with Crippen LogP contribution in [0.3, 0.4) is 0 Å². The van der Waals surface area contributed by atoms with Crippen LogP contribution < -0.4 is 5.32 Å². The Morgan fingerprint density at radius 3 is 2.70 bits per heavy atom. The minimum absolute atomic E-state index is 0.0177. The first-order chi connectivity index (χ1) is 9.70. The molecule has 0 aliphatic rings. The fourth-order valence-corrected chi connectivity index (χ4v) is 1.99. The summed E-state index contributed by atoms with van der Waals surface area (Å²) in [6, 6.07) is 7.96. The summed E-state index contributed by atoms with van der Waals surface area (Å²) in [5.41, 5.74) is 2.04. The summed E-state index contributed by atoms with van der Waals surface area (Å²) >= 11 is 0. The van der Waals surface area contributed by atoms with Gasteiger partial charge in [-0.1, -0.05) is 25.5 Å². The van der Waals surface area contributed by atoms with Gasteiger partial charge in [0.05, 0.1) is 11.7 Å². The van der Waals surface area contributed by atoms with E-state index in [1.165, 1.54) is 6.33 Å². The van der Waals surface area contributed by atoms with E-state index in [2.05, 4.69) is 22.3 Å². The molecule has 1 aromatic heterocycles. The van der Waals surface area contributed by atoms with E-state index in [0.717, 1.165) is 24.1 Å². The molecule has 0 saturated carbocycles. The second kappa shape index (κ2) is 6.84. The molecule has 0 unspecified atom stereocenters. The van der Waals surface area contributed by atoms with Crippen molar-refractivity contribution in [3.8, 4) is 5.69 Å². The standard InChI is InChI=1S/C15H20N4O/c1-3-4-5-15(20)18-12(2)13-6-8-14(9-7-13)19-11-16-10-17-19/h6-12H,3-5H2,1-2H3,(H,18,20)/t12-/m1/s1. The molecule has 5 nitrogen and oxygen atoms in total. The van der Waals surface area contributed by atoms with E-state index in [0.29, 0.717) is 6.42 Å². The van der Waals surface area contributed by atoms with Crippen LogP contribution in [0, 0.1) is 0 Å². The minimum Gasteiger partial charge on any atom is -0.350 e. The summed E-state index contributed by atoms with van der Waals surface area (Å²) in [7, 11) is 0. The molecule has 0 spiro atoms. The second-order valence-corrected chi connectivity index (χ2v) is 4.82. The number of rotatable bonds is 6. The number of unbranched alkanes of at least 4 members (excludes halogenated alkanes) is 1. The number of nitrogens with zero attached hydrogens (tertiary/aromatic N) is 3. The third-order valence-corrected chi connectivity index (χ3v) is 3.21. The Morgan fingerprint density at radius 2 is 2.10 bits per heavy atom. The van der Waals surface area contributed by atoms with Gasteiger partial charge >= 0.3 is 0 Å². The lowest BCUT2D eigenvalue weighted by molar-refractivity contribution is -0.121. The SMILES string of the molecule is CCCCC(=O)N[C@H](C)c1ccc(-n2cncn2)cc1. The monoisotopic (exact) mass is 272 g/mol. The van der Waals surface area contributed by atoms with E-state index >= 15 is 0 Å². The maximum atomic E-state index is 11.7. The third-order valence-electron chi connectivity index (χ3n) is 3.21. The molecule has 20 heavy (non-hydrogen) atoms. The zero-order valence-electron chi connectivity index (χ0n) is 11.9. The number of aromatic nitrogens is 3. The number of hydrogen-bond acceptors (Lipinski definition) is 3. The summed E-state index contributed by atoms with van der Waals surface area (Å²) in [6.07, 6.45) is 5.73. The van der Waals surface area contributed by atoms with Crippen molar-refractivity contribution in [1.82, 2.24) is 20.1 Å². The first-order valence-corrected chi connectivity index (χ1v) is 6.95. The Hall–Kier alpha value is -2.17. The molecule has 1 N–H and O–H groups in total. The molecule has 2 rings (SSSR count). The molecule has 2 aromatic rings. The lowest BCUT2D eigenvalue weighted by atomic mass is 10.1. The van der Waals surface area contributed by atoms with E-state index in [9.17, 15) is 4.79 Å². The normalized spacial score (nSPS) is 12.1. The maximum Gasteiger partial charge on any atom is 0.220 e. The topological polar surface area (TPSA) is 59.8 Å². The molecule has 1 amide bonds. The van der Waals surface area contributed by atoms with Crippen LogP contribution in [0.1, 0.15) is 44.7 Å². The van der Waals surface area contributed by atoms with Crippen LogP contribution in [0.2, 0.25) is 0 Å². The van der Waals surface area contributed by atoms with Gasteiger partial charge in [0.1, 0.15) is 12.7 Å². The van der Waals surface area contributed by atoms with Gasteiger partial charge in [-0.25, -0.2) is 9.67 Å². The molecule has 5 heteroatoms. The van der Waals surface area contributed by atoms with Gasteiger partial charge < -0.3 is 5.32 Å². The van der Waals surface area contributed by atoms with Gasteiger partial charge in [0.25, 0.3) is 0 Å². The van der Waals surface area contributed by atoms with Crippen molar-refractivity contribution in [3.63, 3.8) is 0 Å². The van der Waals surface area contributed by atoms with Crippen molar-refractivity contribution in [3.05, 3.63) is 42.5 Å². The van der Waals surface area contributed by atoms with Gasteiger partial charge in [0.15, 0.2) is 0 Å². The molecule has 106 valence electrons. The third kappa shape index (κ3) is 3.66. The van der Waals surface area contributed by atoms with Gasteiger partial charge in [0.2, 0.25) is 5.91 Å². The highest BCUT2D eigenvalue weighted by Crippen LogP contribution is 2.15. The van der Waals surface area contributed by atoms with Crippen molar-refractivity contribution >= 4 is 5.91 Å². The average Bonchev–Trinajstić information content (AvgIpc) is 2.99. The highest BCUT2D eigenvalue weighted by Gasteiger charge is 2.09. The molecule has 0 aliphatic carbocycles. The van der Waals surface area contributed by atoms with Crippen LogP contribution >= 0.6 is 0 Å². The molecule has 1 atom stereocenters. The smallest absolute Gasteiger partial charge is 0.220 e. The molecular formula is C15H20N4O. The molecule has 0 radical (unpaired) electrons. The minimum atomic E-state index is 0.0177. The van der Waals surface area contributed by atoms with Crippen LogP contribution in [0.5, 0.6) is 0 Å². The predicted molar refractivity (Wildman–Crippen MR) is 77.4 cm³/mol. The lowest BCUT2D eigenvalue weighted by Gasteiger charge is -2.14. The van der Waals surface area contributed by atoms with Gasteiger partial charge in [-0.3, -0.25) is 4.79 Å². The molecule has 0 fully saturated rings. The summed E-state index contributed by atoms with van der Waals surface area (Å²) in [5, 5.41) is 7.09. The largest absolute Gasteiger partial charge is 0.350 e. The summed E-state index contributed by atoms with van der Waals surface area (Å²) in [4.78, 5) is 15.6. The Kier molecular flexibility index (Phi) is 4.87. The van der Waals surface area contributed by atoms with Crippen LogP contribution in [0.15, 0.2) is 36.9 Å². The summed E-state index contributed by atoms with van der Waals surface area (Å²) in [6.45, 7) is 4.08. The van der Waals surface area contributed by atoms with Crippen LogP contribution in [0.25, 0.3) is 5.69 Å². The second-order valence-electron chi connectivity index (χ2n) is 4.82. The van der Waals surface area contributed by atoms with Crippen molar-refractivity contribution in [1.29, 1.82) is 0 Å². The van der Waals surface area contributed by atoms with E-state index in [1.807, 2.05) is 31.2 Å². The van der Waals surface area contributed by atoms with Gasteiger partial charge in [-0.2, -0.15) is 5.10 Å². The van der Waals surface area contributed by atoms with E-state index in [1.54, 1.807) is 11.0 Å². The summed E-state index contributed by atoms with van der Waals surface area (Å²) in [5.74, 6) is 0.111. The highest BCUT2D eigenvalue weighted by molar-refractivity contribution is 5.76. The Bertz CT molecular complexity index is 534. The number of nitrogens with one attached hydrogen (secondary N) is 1. The average molecular weight is 272 g/mol. The van der Waals surface area contributed by atoms with Crippen molar-refractivity contribution in [2.75, 3.05) is 0 Å². The van der Waals surface area contributed by atoms with E-state index < -0.39 is 0 Å². The molecule has 1 heterocycles. The lowest BCUT2D eigenvalue weighted by Crippen LogP contribution is -2.26. The number of benzene rings is 1. The molecule has 1 aromatic carbocycles. The van der Waals surface area contributed by atoms with E-state index in [4.69, 9.17) is 0 Å². The van der Waals surface area contributed by atoms with Crippen molar-refractivity contribution in [2.24, 2.45) is 0 Å². The number of amides is 1. The number of hydrogen-bond donors (Lipinski definition) is 1. The first kappa shape index (κ1) is 14.2. The fourth-order valence-electron chi connectivity index (χ4n) is 1.99. The van der Waals surface area contributed by atoms with Crippen LogP contribution in [-0.4, -0.2) is 20.7 Å². The van der Waals surface area contributed by atoms with Crippen LogP contribution in [0.4, 0.5) is 0 Å². The van der Waals surface area contributed by atoms with Crippen molar-refractivity contribution in [2.45, 2.75) is 39.2 Å². The number of carbonyl (C=O) groups is 1. The quantitative estimate of drug-likeness (QED) is 0.879. The zero-order chi connectivity index (χ0) is 14.4.